The number of carbonyl (C=O) groups is 3. The van der Waals surface area contributed by atoms with Gasteiger partial charge in [-0.05, 0) is 18.2 Å². The minimum absolute atomic E-state index is 0.0178. The number of hydrogen-bond acceptors (Lipinski definition) is 6. The maximum Gasteiger partial charge on any atom is 0.279 e. The third-order valence-electron chi connectivity index (χ3n) is 5.46. The Kier molecular flexibility index (Phi) is 4.90. The number of nitrogens with zero attached hydrogens (tertiary/aromatic N) is 1. The third kappa shape index (κ3) is 3.17. The topological polar surface area (TPSA) is 108 Å². The summed E-state index contributed by atoms with van der Waals surface area (Å²) < 4.78 is 19.4. The van der Waals surface area contributed by atoms with Gasteiger partial charge in [0.15, 0.2) is 11.6 Å². The molecule has 156 valence electrons. The molecule has 2 heterocycles. The molecule has 2 aliphatic rings. The summed E-state index contributed by atoms with van der Waals surface area (Å²) in [5.74, 6) is -2.25. The Morgan fingerprint density at radius 2 is 2.00 bits per heavy atom. The lowest BCUT2D eigenvalue weighted by Gasteiger charge is -2.37. The SMILES string of the molecule is COc1cccc(CNc2cccc3c2CN(C2(O)CCC(=O)NC2=O)C3=O)c1F. The molecule has 1 fully saturated rings. The fourth-order valence-corrected chi connectivity index (χ4v) is 3.79. The largest absolute Gasteiger partial charge is 0.494 e. The number of methoxy groups -OCH3 is 1. The molecule has 0 aromatic heterocycles. The second-order valence-corrected chi connectivity index (χ2v) is 7.20. The molecule has 8 nitrogen and oxygen atoms in total. The summed E-state index contributed by atoms with van der Waals surface area (Å²) in [6.07, 6.45) is -0.238. The van der Waals surface area contributed by atoms with Gasteiger partial charge in [0.05, 0.1) is 13.7 Å². The highest BCUT2D eigenvalue weighted by Gasteiger charge is 2.51. The summed E-state index contributed by atoms with van der Waals surface area (Å²) in [6, 6.07) is 9.83. The molecule has 2 aromatic rings. The molecular weight excluding hydrogens is 393 g/mol. The number of aliphatic hydroxyl groups is 1. The van der Waals surface area contributed by atoms with Gasteiger partial charge in [-0.25, -0.2) is 4.39 Å². The lowest BCUT2D eigenvalue weighted by Crippen LogP contribution is -2.63. The van der Waals surface area contributed by atoms with Crippen LogP contribution in [0.4, 0.5) is 10.1 Å². The number of carbonyl (C=O) groups excluding carboxylic acids is 3. The normalized spacial score (nSPS) is 20.8. The Morgan fingerprint density at radius 1 is 1.23 bits per heavy atom. The van der Waals surface area contributed by atoms with Crippen LogP contribution in [0.15, 0.2) is 36.4 Å². The molecule has 9 heteroatoms. The van der Waals surface area contributed by atoms with Gasteiger partial charge in [0.25, 0.3) is 11.8 Å². The number of imide groups is 1. The van der Waals surface area contributed by atoms with Crippen LogP contribution in [0.3, 0.4) is 0 Å². The smallest absolute Gasteiger partial charge is 0.279 e. The van der Waals surface area contributed by atoms with Crippen LogP contribution in [-0.2, 0) is 22.7 Å². The van der Waals surface area contributed by atoms with Crippen molar-refractivity contribution in [3.63, 3.8) is 0 Å². The van der Waals surface area contributed by atoms with Crippen LogP contribution in [0.25, 0.3) is 0 Å². The van der Waals surface area contributed by atoms with Crippen LogP contribution in [0.5, 0.6) is 5.75 Å². The van der Waals surface area contributed by atoms with Crippen molar-refractivity contribution < 1.29 is 28.6 Å². The summed E-state index contributed by atoms with van der Waals surface area (Å²) in [7, 11) is 1.39. The number of anilines is 1. The number of halogens is 1. The van der Waals surface area contributed by atoms with E-state index in [4.69, 9.17) is 4.74 Å². The Hall–Kier alpha value is -3.46. The van der Waals surface area contributed by atoms with E-state index in [1.54, 1.807) is 30.3 Å². The van der Waals surface area contributed by atoms with Gasteiger partial charge in [0, 0.05) is 41.8 Å². The van der Waals surface area contributed by atoms with Gasteiger partial charge in [0.2, 0.25) is 11.6 Å². The highest BCUT2D eigenvalue weighted by molar-refractivity contribution is 6.07. The Morgan fingerprint density at radius 3 is 2.73 bits per heavy atom. The predicted octanol–water partition coefficient (Wildman–Crippen LogP) is 1.53. The van der Waals surface area contributed by atoms with Gasteiger partial charge >= 0.3 is 0 Å². The number of fused-ring (bicyclic) bond motifs is 1. The van der Waals surface area contributed by atoms with E-state index < -0.39 is 29.3 Å². The van der Waals surface area contributed by atoms with Gasteiger partial charge in [-0.15, -0.1) is 0 Å². The molecule has 0 spiro atoms. The van der Waals surface area contributed by atoms with E-state index in [1.807, 2.05) is 0 Å². The first-order valence-corrected chi connectivity index (χ1v) is 9.41. The van der Waals surface area contributed by atoms with Crippen molar-refractivity contribution in [1.82, 2.24) is 10.2 Å². The van der Waals surface area contributed by atoms with Crippen molar-refractivity contribution in [3.05, 3.63) is 58.9 Å². The fourth-order valence-electron chi connectivity index (χ4n) is 3.79. The summed E-state index contributed by atoms with van der Waals surface area (Å²) in [5.41, 5.74) is -0.202. The summed E-state index contributed by atoms with van der Waals surface area (Å²) in [5, 5.41) is 16.0. The van der Waals surface area contributed by atoms with Crippen molar-refractivity contribution in [3.8, 4) is 5.75 Å². The summed E-state index contributed by atoms with van der Waals surface area (Å²) >= 11 is 0. The van der Waals surface area contributed by atoms with Crippen molar-refractivity contribution in [1.29, 1.82) is 0 Å². The number of hydrogen-bond donors (Lipinski definition) is 3. The van der Waals surface area contributed by atoms with Crippen LogP contribution in [-0.4, -0.2) is 40.6 Å². The Bertz CT molecular complexity index is 1060. The maximum atomic E-state index is 14.4. The second-order valence-electron chi connectivity index (χ2n) is 7.20. The molecule has 1 unspecified atom stereocenters. The molecule has 4 rings (SSSR count). The first-order chi connectivity index (χ1) is 14.3. The van der Waals surface area contributed by atoms with E-state index in [9.17, 15) is 23.9 Å². The first kappa shape index (κ1) is 19.8. The predicted molar refractivity (Wildman–Crippen MR) is 104 cm³/mol. The standard InChI is InChI=1S/C21H20FN3O5/c1-30-16-7-2-4-12(18(16)22)10-23-15-6-3-5-13-14(15)11-25(19(13)27)21(29)9-8-17(26)24-20(21)28/h2-7,23,29H,8-11H2,1H3,(H,24,26,28). The monoisotopic (exact) mass is 413 g/mol. The molecule has 0 saturated carbocycles. The molecule has 3 amide bonds. The van der Waals surface area contributed by atoms with E-state index in [2.05, 4.69) is 10.6 Å². The van der Waals surface area contributed by atoms with Crippen LogP contribution in [0, 0.1) is 5.82 Å². The van der Waals surface area contributed by atoms with Crippen molar-refractivity contribution >= 4 is 23.4 Å². The zero-order valence-electron chi connectivity index (χ0n) is 16.2. The first-order valence-electron chi connectivity index (χ1n) is 9.41. The van der Waals surface area contributed by atoms with E-state index in [1.165, 1.54) is 13.2 Å². The number of amides is 3. The lowest BCUT2D eigenvalue weighted by atomic mass is 10.00. The van der Waals surface area contributed by atoms with Gasteiger partial charge in [-0.2, -0.15) is 0 Å². The van der Waals surface area contributed by atoms with Crippen LogP contribution >= 0.6 is 0 Å². The number of benzene rings is 2. The lowest BCUT2D eigenvalue weighted by molar-refractivity contribution is -0.167. The van der Waals surface area contributed by atoms with Crippen LogP contribution < -0.4 is 15.4 Å². The Balaban J connectivity index is 1.58. The van der Waals surface area contributed by atoms with E-state index >= 15 is 0 Å². The molecule has 2 aliphatic heterocycles. The Labute approximate surface area is 171 Å². The number of piperidine rings is 1. The van der Waals surface area contributed by atoms with E-state index in [0.29, 0.717) is 22.4 Å². The highest BCUT2D eigenvalue weighted by Crippen LogP contribution is 2.36. The molecule has 30 heavy (non-hydrogen) atoms. The zero-order chi connectivity index (χ0) is 21.5. The van der Waals surface area contributed by atoms with Gasteiger partial charge < -0.3 is 15.2 Å². The molecule has 1 saturated heterocycles. The minimum Gasteiger partial charge on any atom is -0.494 e. The third-order valence-corrected chi connectivity index (χ3v) is 5.46. The molecular formula is C21H20FN3O5. The van der Waals surface area contributed by atoms with E-state index in [0.717, 1.165) is 4.90 Å². The van der Waals surface area contributed by atoms with Crippen molar-refractivity contribution in [2.45, 2.75) is 31.7 Å². The fraction of sp³-hybridized carbons (Fsp3) is 0.286. The molecule has 0 bridgehead atoms. The number of rotatable bonds is 5. The molecule has 0 radical (unpaired) electrons. The van der Waals surface area contributed by atoms with E-state index in [-0.39, 0.29) is 31.7 Å². The second kappa shape index (κ2) is 7.42. The summed E-state index contributed by atoms with van der Waals surface area (Å²) in [6.45, 7) is 0.128. The quantitative estimate of drug-likeness (QED) is 0.642. The molecule has 1 atom stereocenters. The average Bonchev–Trinajstić information content (AvgIpc) is 3.08. The molecule has 3 N–H and O–H groups in total. The molecule has 2 aromatic carbocycles. The maximum absolute atomic E-state index is 14.4. The zero-order valence-corrected chi connectivity index (χ0v) is 16.2. The van der Waals surface area contributed by atoms with Crippen LogP contribution in [0.2, 0.25) is 0 Å². The van der Waals surface area contributed by atoms with Gasteiger partial charge in [-0.1, -0.05) is 18.2 Å². The molecule has 0 aliphatic carbocycles. The van der Waals surface area contributed by atoms with Crippen LogP contribution in [0.1, 0.15) is 34.3 Å². The average molecular weight is 413 g/mol. The highest BCUT2D eigenvalue weighted by atomic mass is 19.1. The van der Waals surface area contributed by atoms with Gasteiger partial charge in [-0.3, -0.25) is 24.6 Å². The summed E-state index contributed by atoms with van der Waals surface area (Å²) in [4.78, 5) is 37.6. The minimum atomic E-state index is -2.10. The van der Waals surface area contributed by atoms with Crippen molar-refractivity contribution in [2.75, 3.05) is 12.4 Å². The van der Waals surface area contributed by atoms with Gasteiger partial charge in [0.1, 0.15) is 0 Å². The van der Waals surface area contributed by atoms with Crippen molar-refractivity contribution in [2.24, 2.45) is 0 Å². The number of ether oxygens (including phenoxy) is 1. The number of nitrogens with one attached hydrogen (secondary N) is 2.